The van der Waals surface area contributed by atoms with Crippen molar-refractivity contribution in [2.45, 2.75) is 46.0 Å². The Morgan fingerprint density at radius 3 is 2.50 bits per heavy atom. The molecule has 2 aliphatic rings. The summed E-state index contributed by atoms with van der Waals surface area (Å²) in [5.41, 5.74) is -0.256. The third-order valence-corrected chi connectivity index (χ3v) is 3.60. The van der Waals surface area contributed by atoms with E-state index in [0.29, 0.717) is 0 Å². The van der Waals surface area contributed by atoms with Crippen LogP contribution in [-0.4, -0.2) is 11.6 Å². The van der Waals surface area contributed by atoms with Gasteiger partial charge in [0.15, 0.2) is 0 Å². The van der Waals surface area contributed by atoms with Crippen LogP contribution in [0.5, 0.6) is 0 Å². The Bertz CT molecular complexity index is 274. The average molecular weight is 194 g/mol. The molecule has 2 fully saturated rings. The molecule has 0 saturated heterocycles. The molecule has 2 heteroatoms. The molecule has 2 aliphatic carbocycles. The minimum absolute atomic E-state index is 0.195. The summed E-state index contributed by atoms with van der Waals surface area (Å²) in [5.74, 6) is 0.410. The number of hydrogen-bond donors (Lipinski definition) is 0. The van der Waals surface area contributed by atoms with Gasteiger partial charge in [-0.3, -0.25) is 9.59 Å². The van der Waals surface area contributed by atoms with E-state index in [1.165, 1.54) is 0 Å². The van der Waals surface area contributed by atoms with Gasteiger partial charge < -0.3 is 0 Å². The fourth-order valence-electron chi connectivity index (χ4n) is 2.40. The minimum Gasteiger partial charge on any atom is -0.299 e. The number of hydrogen-bond acceptors (Lipinski definition) is 2. The second-order valence-corrected chi connectivity index (χ2v) is 5.37. The Labute approximate surface area is 85.1 Å². The summed E-state index contributed by atoms with van der Waals surface area (Å²) in [6.07, 6.45) is 4.81. The number of carbonyl (C=O) groups excluding carboxylic acids is 2. The zero-order chi connectivity index (χ0) is 10.3. The van der Waals surface area contributed by atoms with Crippen molar-refractivity contribution in [3.05, 3.63) is 0 Å². The van der Waals surface area contributed by atoms with Gasteiger partial charge in [-0.2, -0.15) is 0 Å². The third-order valence-electron chi connectivity index (χ3n) is 3.60. The molecule has 2 saturated carbocycles. The summed E-state index contributed by atoms with van der Waals surface area (Å²) in [5, 5.41) is 0. The van der Waals surface area contributed by atoms with E-state index in [9.17, 15) is 9.59 Å². The Hall–Kier alpha value is -0.660. The van der Waals surface area contributed by atoms with Crippen LogP contribution in [0, 0.1) is 17.3 Å². The van der Waals surface area contributed by atoms with Gasteiger partial charge in [0, 0.05) is 11.3 Å². The lowest BCUT2D eigenvalue weighted by Gasteiger charge is -2.32. The van der Waals surface area contributed by atoms with Crippen molar-refractivity contribution in [2.24, 2.45) is 17.3 Å². The molecular formula is C12H18O2. The van der Waals surface area contributed by atoms with Gasteiger partial charge in [0.25, 0.3) is 0 Å². The van der Waals surface area contributed by atoms with Crippen LogP contribution in [0.2, 0.25) is 0 Å². The zero-order valence-electron chi connectivity index (χ0n) is 9.01. The molecule has 0 spiro atoms. The van der Waals surface area contributed by atoms with Crippen LogP contribution >= 0.6 is 0 Å². The second-order valence-electron chi connectivity index (χ2n) is 5.37. The molecule has 0 aromatic rings. The summed E-state index contributed by atoms with van der Waals surface area (Å²) >= 11 is 0. The van der Waals surface area contributed by atoms with E-state index in [2.05, 4.69) is 0 Å². The van der Waals surface area contributed by atoms with Crippen molar-refractivity contribution in [3.63, 3.8) is 0 Å². The van der Waals surface area contributed by atoms with Crippen LogP contribution < -0.4 is 0 Å². The van der Waals surface area contributed by atoms with Gasteiger partial charge in [-0.1, -0.05) is 20.3 Å². The Morgan fingerprint density at radius 2 is 1.93 bits per heavy atom. The highest BCUT2D eigenvalue weighted by Gasteiger charge is 2.44. The standard InChI is InChI=1S/C12H18O2/c1-12(2)7-3-4-9(11(12)14)10(13)8-5-6-8/h8-9H,3-7H2,1-2H3. The lowest BCUT2D eigenvalue weighted by molar-refractivity contribution is -0.141. The van der Waals surface area contributed by atoms with E-state index in [-0.39, 0.29) is 28.8 Å². The summed E-state index contributed by atoms with van der Waals surface area (Å²) in [6.45, 7) is 3.95. The van der Waals surface area contributed by atoms with E-state index in [1.54, 1.807) is 0 Å². The molecular weight excluding hydrogens is 176 g/mol. The maximum atomic E-state index is 12.0. The Morgan fingerprint density at radius 1 is 1.29 bits per heavy atom. The zero-order valence-corrected chi connectivity index (χ0v) is 9.01. The van der Waals surface area contributed by atoms with E-state index in [4.69, 9.17) is 0 Å². The van der Waals surface area contributed by atoms with Crippen molar-refractivity contribution in [1.29, 1.82) is 0 Å². The van der Waals surface area contributed by atoms with Crippen LogP contribution in [0.15, 0.2) is 0 Å². The maximum Gasteiger partial charge on any atom is 0.148 e. The van der Waals surface area contributed by atoms with Gasteiger partial charge in [-0.05, 0) is 25.7 Å². The quantitative estimate of drug-likeness (QED) is 0.632. The lowest BCUT2D eigenvalue weighted by Crippen LogP contribution is -2.39. The van der Waals surface area contributed by atoms with Crippen LogP contribution in [0.25, 0.3) is 0 Å². The number of Topliss-reactive ketones (excluding diaryl/α,β-unsaturated/α-hetero) is 2. The number of ketones is 2. The first-order valence-electron chi connectivity index (χ1n) is 5.60. The Balaban J connectivity index is 2.11. The molecule has 1 unspecified atom stereocenters. The normalized spacial score (nSPS) is 31.6. The second kappa shape index (κ2) is 3.18. The maximum absolute atomic E-state index is 12.0. The predicted octanol–water partition coefficient (Wildman–Crippen LogP) is 2.36. The molecule has 2 rings (SSSR count). The van der Waals surface area contributed by atoms with Crippen molar-refractivity contribution in [3.8, 4) is 0 Å². The first-order valence-corrected chi connectivity index (χ1v) is 5.60. The molecule has 14 heavy (non-hydrogen) atoms. The summed E-state index contributed by atoms with van der Waals surface area (Å²) in [4.78, 5) is 23.8. The highest BCUT2D eigenvalue weighted by Crippen LogP contribution is 2.40. The lowest BCUT2D eigenvalue weighted by atomic mass is 9.69. The molecule has 0 bridgehead atoms. The molecule has 0 amide bonds. The van der Waals surface area contributed by atoms with E-state index < -0.39 is 0 Å². The molecule has 0 aromatic heterocycles. The monoisotopic (exact) mass is 194 g/mol. The van der Waals surface area contributed by atoms with Gasteiger partial charge in [0.05, 0.1) is 5.92 Å². The minimum atomic E-state index is -0.258. The highest BCUT2D eigenvalue weighted by atomic mass is 16.2. The highest BCUT2D eigenvalue weighted by molar-refractivity contribution is 6.06. The van der Waals surface area contributed by atoms with Gasteiger partial charge in [0.2, 0.25) is 0 Å². The Kier molecular flexibility index (Phi) is 2.24. The predicted molar refractivity (Wildman–Crippen MR) is 53.9 cm³/mol. The first kappa shape index (κ1) is 9.88. The topological polar surface area (TPSA) is 34.1 Å². The van der Waals surface area contributed by atoms with Crippen molar-refractivity contribution in [1.82, 2.24) is 0 Å². The van der Waals surface area contributed by atoms with Crippen molar-refractivity contribution >= 4 is 11.6 Å². The molecule has 0 N–H and O–H groups in total. The van der Waals surface area contributed by atoms with Crippen molar-refractivity contribution in [2.75, 3.05) is 0 Å². The largest absolute Gasteiger partial charge is 0.299 e. The van der Waals surface area contributed by atoms with Gasteiger partial charge >= 0.3 is 0 Å². The van der Waals surface area contributed by atoms with Crippen LogP contribution in [0.4, 0.5) is 0 Å². The van der Waals surface area contributed by atoms with Crippen molar-refractivity contribution < 1.29 is 9.59 Å². The average Bonchev–Trinajstić information content (AvgIpc) is 2.91. The molecule has 0 aromatic carbocycles. The fourth-order valence-corrected chi connectivity index (χ4v) is 2.40. The molecule has 0 aliphatic heterocycles. The van der Waals surface area contributed by atoms with Gasteiger partial charge in [0.1, 0.15) is 11.6 Å². The summed E-state index contributed by atoms with van der Waals surface area (Å²) < 4.78 is 0. The van der Waals surface area contributed by atoms with E-state index in [0.717, 1.165) is 32.1 Å². The molecule has 0 heterocycles. The van der Waals surface area contributed by atoms with Gasteiger partial charge in [-0.25, -0.2) is 0 Å². The van der Waals surface area contributed by atoms with E-state index >= 15 is 0 Å². The van der Waals surface area contributed by atoms with Gasteiger partial charge in [-0.15, -0.1) is 0 Å². The molecule has 0 radical (unpaired) electrons. The van der Waals surface area contributed by atoms with Crippen LogP contribution in [-0.2, 0) is 9.59 Å². The van der Waals surface area contributed by atoms with E-state index in [1.807, 2.05) is 13.8 Å². The summed E-state index contributed by atoms with van der Waals surface area (Å²) in [6, 6.07) is 0. The smallest absolute Gasteiger partial charge is 0.148 e. The van der Waals surface area contributed by atoms with Crippen LogP contribution in [0.3, 0.4) is 0 Å². The molecule has 1 atom stereocenters. The fraction of sp³-hybridized carbons (Fsp3) is 0.833. The third kappa shape index (κ3) is 1.62. The number of carbonyl (C=O) groups is 2. The number of rotatable bonds is 2. The summed E-state index contributed by atoms with van der Waals surface area (Å²) in [7, 11) is 0. The van der Waals surface area contributed by atoms with Crippen LogP contribution in [0.1, 0.15) is 46.0 Å². The SMILES string of the molecule is CC1(C)CCCC(C(=O)C2CC2)C1=O. The molecule has 78 valence electrons. The molecule has 2 nitrogen and oxygen atoms in total. The first-order chi connectivity index (χ1) is 6.52.